The zero-order chi connectivity index (χ0) is 20.4. The van der Waals surface area contributed by atoms with E-state index in [0.29, 0.717) is 11.6 Å². The van der Waals surface area contributed by atoms with Gasteiger partial charge in [0.15, 0.2) is 0 Å². The number of methoxy groups -OCH3 is 1. The Kier molecular flexibility index (Phi) is 8.62. The number of carbonyl (C=O) groups is 1. The maximum absolute atomic E-state index is 12.4. The summed E-state index contributed by atoms with van der Waals surface area (Å²) < 4.78 is 5.40. The molecule has 0 bridgehead atoms. The second-order valence-electron chi connectivity index (χ2n) is 7.12. The maximum Gasteiger partial charge on any atom is 0.319 e. The molecule has 6 heteroatoms. The van der Waals surface area contributed by atoms with Gasteiger partial charge < -0.3 is 25.8 Å². The van der Waals surface area contributed by atoms with E-state index in [1.807, 2.05) is 42.5 Å². The summed E-state index contributed by atoms with van der Waals surface area (Å²) in [7, 11) is 1.63. The zero-order valence-corrected chi connectivity index (χ0v) is 16.9. The van der Waals surface area contributed by atoms with Crippen molar-refractivity contribution in [3.63, 3.8) is 0 Å². The van der Waals surface area contributed by atoms with Crippen molar-refractivity contribution in [2.45, 2.75) is 32.7 Å². The van der Waals surface area contributed by atoms with Gasteiger partial charge in [0.1, 0.15) is 5.75 Å². The van der Waals surface area contributed by atoms with Crippen LogP contribution in [0.15, 0.2) is 48.5 Å². The first kappa shape index (κ1) is 21.6. The third kappa shape index (κ3) is 6.78. The van der Waals surface area contributed by atoms with E-state index in [4.69, 9.17) is 4.74 Å². The number of anilines is 2. The molecule has 0 saturated heterocycles. The van der Waals surface area contributed by atoms with Crippen molar-refractivity contribution in [3.8, 4) is 5.75 Å². The quantitative estimate of drug-likeness (QED) is 0.457. The molecular weight excluding hydrogens is 354 g/mol. The standard InChI is InChI=1S/C22H31N3O3/c1-16(2)8-7-13-23-19-14-18(11-12-21(19)28-3)24-22(27)25-20(15-26)17-9-5-4-6-10-17/h4-6,9-12,14,16,20,23,26H,7-8,13,15H2,1-3H3,(H2,24,25,27)/t20-/m0/s1. The average molecular weight is 386 g/mol. The largest absolute Gasteiger partial charge is 0.495 e. The van der Waals surface area contributed by atoms with Crippen LogP contribution in [0.25, 0.3) is 0 Å². The molecule has 2 amide bonds. The Morgan fingerprint density at radius 3 is 2.54 bits per heavy atom. The number of nitrogens with one attached hydrogen (secondary N) is 3. The number of ether oxygens (including phenoxy) is 1. The minimum Gasteiger partial charge on any atom is -0.495 e. The molecule has 0 radical (unpaired) electrons. The Morgan fingerprint density at radius 1 is 1.14 bits per heavy atom. The molecule has 0 fully saturated rings. The fourth-order valence-corrected chi connectivity index (χ4v) is 2.90. The SMILES string of the molecule is COc1ccc(NC(=O)N[C@@H](CO)c2ccccc2)cc1NCCCC(C)C. The van der Waals surface area contributed by atoms with Gasteiger partial charge in [0.25, 0.3) is 0 Å². The molecule has 2 aromatic rings. The van der Waals surface area contributed by atoms with E-state index in [1.54, 1.807) is 13.2 Å². The van der Waals surface area contributed by atoms with E-state index in [1.165, 1.54) is 0 Å². The van der Waals surface area contributed by atoms with Gasteiger partial charge >= 0.3 is 6.03 Å². The maximum atomic E-state index is 12.4. The summed E-state index contributed by atoms with van der Waals surface area (Å²) in [6.45, 7) is 5.07. The highest BCUT2D eigenvalue weighted by atomic mass is 16.5. The molecule has 0 aromatic heterocycles. The highest BCUT2D eigenvalue weighted by Crippen LogP contribution is 2.28. The van der Waals surface area contributed by atoms with Crippen LogP contribution in [0.5, 0.6) is 5.75 Å². The topological polar surface area (TPSA) is 82.6 Å². The number of amides is 2. The summed E-state index contributed by atoms with van der Waals surface area (Å²) in [5, 5.41) is 18.6. The summed E-state index contributed by atoms with van der Waals surface area (Å²) in [5.41, 5.74) is 2.34. The van der Waals surface area contributed by atoms with Crippen LogP contribution in [0.4, 0.5) is 16.2 Å². The van der Waals surface area contributed by atoms with Crippen LogP contribution < -0.4 is 20.7 Å². The molecule has 0 heterocycles. The molecular formula is C22H31N3O3. The molecule has 1 atom stereocenters. The van der Waals surface area contributed by atoms with Gasteiger partial charge in [-0.15, -0.1) is 0 Å². The number of hydrogen-bond donors (Lipinski definition) is 4. The van der Waals surface area contributed by atoms with E-state index >= 15 is 0 Å². The van der Waals surface area contributed by atoms with E-state index in [2.05, 4.69) is 29.8 Å². The molecule has 0 spiro atoms. The fourth-order valence-electron chi connectivity index (χ4n) is 2.90. The second kappa shape index (κ2) is 11.2. The van der Waals surface area contributed by atoms with Crippen molar-refractivity contribution in [1.82, 2.24) is 5.32 Å². The number of carbonyl (C=O) groups excluding carboxylic acids is 1. The van der Waals surface area contributed by atoms with E-state index < -0.39 is 6.04 Å². The Balaban J connectivity index is 1.98. The molecule has 0 aliphatic carbocycles. The highest BCUT2D eigenvalue weighted by molar-refractivity contribution is 5.90. The van der Waals surface area contributed by atoms with E-state index in [0.717, 1.165) is 36.4 Å². The predicted molar refractivity (Wildman–Crippen MR) is 114 cm³/mol. The summed E-state index contributed by atoms with van der Waals surface area (Å²) in [6.07, 6.45) is 2.21. The number of aliphatic hydroxyl groups is 1. The van der Waals surface area contributed by atoms with Crippen LogP contribution in [-0.2, 0) is 0 Å². The number of aliphatic hydroxyl groups excluding tert-OH is 1. The van der Waals surface area contributed by atoms with Crippen LogP contribution >= 0.6 is 0 Å². The Morgan fingerprint density at radius 2 is 1.89 bits per heavy atom. The van der Waals surface area contributed by atoms with Gasteiger partial charge in [0.05, 0.1) is 25.4 Å². The molecule has 0 aliphatic heterocycles. The van der Waals surface area contributed by atoms with Gasteiger partial charge in [0, 0.05) is 12.2 Å². The van der Waals surface area contributed by atoms with Gasteiger partial charge in [-0.1, -0.05) is 44.2 Å². The monoisotopic (exact) mass is 385 g/mol. The zero-order valence-electron chi connectivity index (χ0n) is 16.9. The van der Waals surface area contributed by atoms with Crippen molar-refractivity contribution in [1.29, 1.82) is 0 Å². The van der Waals surface area contributed by atoms with Crippen molar-refractivity contribution in [3.05, 3.63) is 54.1 Å². The molecule has 6 nitrogen and oxygen atoms in total. The van der Waals surface area contributed by atoms with Gasteiger partial charge in [-0.25, -0.2) is 4.79 Å². The van der Waals surface area contributed by atoms with E-state index in [-0.39, 0.29) is 12.6 Å². The van der Waals surface area contributed by atoms with Gasteiger partial charge in [-0.3, -0.25) is 0 Å². The molecule has 0 aliphatic rings. The summed E-state index contributed by atoms with van der Waals surface area (Å²) in [5.74, 6) is 1.40. The van der Waals surface area contributed by atoms with E-state index in [9.17, 15) is 9.90 Å². The van der Waals surface area contributed by atoms with Gasteiger partial charge in [-0.05, 0) is 42.5 Å². The second-order valence-corrected chi connectivity index (χ2v) is 7.12. The molecule has 2 aromatic carbocycles. The molecule has 0 unspecified atom stereocenters. The minimum absolute atomic E-state index is 0.178. The lowest BCUT2D eigenvalue weighted by Crippen LogP contribution is -2.34. The number of hydrogen-bond acceptors (Lipinski definition) is 4. The lowest BCUT2D eigenvalue weighted by Gasteiger charge is -2.18. The first-order chi connectivity index (χ1) is 13.5. The lowest BCUT2D eigenvalue weighted by molar-refractivity contribution is 0.225. The van der Waals surface area contributed by atoms with Crippen LogP contribution in [0.1, 0.15) is 38.3 Å². The molecule has 2 rings (SSSR count). The first-order valence-corrected chi connectivity index (χ1v) is 9.68. The Bertz CT molecular complexity index is 735. The molecule has 0 saturated carbocycles. The first-order valence-electron chi connectivity index (χ1n) is 9.68. The van der Waals surface area contributed by atoms with Crippen LogP contribution in [0.3, 0.4) is 0 Å². The van der Waals surface area contributed by atoms with Crippen LogP contribution in [-0.4, -0.2) is 31.4 Å². The normalized spacial score (nSPS) is 11.8. The number of urea groups is 1. The van der Waals surface area contributed by atoms with Crippen molar-refractivity contribution < 1.29 is 14.6 Å². The smallest absolute Gasteiger partial charge is 0.319 e. The van der Waals surface area contributed by atoms with Crippen molar-refractivity contribution >= 4 is 17.4 Å². The third-order valence-electron chi connectivity index (χ3n) is 4.42. The Hall–Kier alpha value is -2.73. The fraction of sp³-hybridized carbons (Fsp3) is 0.409. The molecule has 4 N–H and O–H groups in total. The van der Waals surface area contributed by atoms with Crippen LogP contribution in [0.2, 0.25) is 0 Å². The minimum atomic E-state index is -0.465. The number of benzene rings is 2. The summed E-state index contributed by atoms with van der Waals surface area (Å²) in [6, 6.07) is 14.0. The van der Waals surface area contributed by atoms with Gasteiger partial charge in [-0.2, -0.15) is 0 Å². The molecule has 28 heavy (non-hydrogen) atoms. The van der Waals surface area contributed by atoms with Crippen LogP contribution in [0, 0.1) is 5.92 Å². The summed E-state index contributed by atoms with van der Waals surface area (Å²) >= 11 is 0. The number of rotatable bonds is 10. The van der Waals surface area contributed by atoms with Crippen molar-refractivity contribution in [2.75, 3.05) is 30.9 Å². The predicted octanol–water partition coefficient (Wildman–Crippen LogP) is 4.40. The lowest BCUT2D eigenvalue weighted by atomic mass is 10.1. The average Bonchev–Trinajstić information content (AvgIpc) is 2.70. The van der Waals surface area contributed by atoms with Crippen molar-refractivity contribution in [2.24, 2.45) is 5.92 Å². The van der Waals surface area contributed by atoms with Gasteiger partial charge in [0.2, 0.25) is 0 Å². The summed E-state index contributed by atoms with van der Waals surface area (Å²) in [4.78, 5) is 12.4. The molecule has 152 valence electrons. The highest BCUT2D eigenvalue weighted by Gasteiger charge is 2.14. The third-order valence-corrected chi connectivity index (χ3v) is 4.42. The Labute approximate surface area is 167 Å².